The number of nitro benzene ring substituents is 1. The van der Waals surface area contributed by atoms with Crippen molar-refractivity contribution < 1.29 is 33.2 Å². The van der Waals surface area contributed by atoms with Crippen molar-refractivity contribution in [3.8, 4) is 0 Å². The van der Waals surface area contributed by atoms with Crippen molar-refractivity contribution >= 4 is 23.7 Å². The molecule has 0 radical (unpaired) electrons. The van der Waals surface area contributed by atoms with Crippen molar-refractivity contribution in [3.63, 3.8) is 0 Å². The number of carbonyl (C=O) groups is 3. The van der Waals surface area contributed by atoms with E-state index in [1.54, 1.807) is 20.8 Å². The lowest BCUT2D eigenvalue weighted by Gasteiger charge is -2.39. The Kier molecular flexibility index (Phi) is 6.16. The number of likely N-dealkylation sites (tertiary alicyclic amines) is 1. The second-order valence-corrected chi connectivity index (χ2v) is 7.06. The highest BCUT2D eigenvalue weighted by molar-refractivity contribution is 5.94. The summed E-state index contributed by atoms with van der Waals surface area (Å²) in [7, 11) is 0. The second kappa shape index (κ2) is 8.19. The van der Waals surface area contributed by atoms with Crippen LogP contribution in [0.2, 0.25) is 0 Å². The van der Waals surface area contributed by atoms with Gasteiger partial charge in [0, 0.05) is 12.1 Å². The Morgan fingerprint density at radius 2 is 1.96 bits per heavy atom. The number of carbonyl (C=O) groups excluding carboxylic acids is 3. The van der Waals surface area contributed by atoms with E-state index in [-0.39, 0.29) is 18.8 Å². The molecular weight excluding hydrogens is 377 g/mol. The topological polar surface area (TPSA) is 128 Å². The fourth-order valence-corrected chi connectivity index (χ4v) is 2.28. The molecule has 1 aliphatic rings. The van der Waals surface area contributed by atoms with Crippen LogP contribution in [0.3, 0.4) is 0 Å². The van der Waals surface area contributed by atoms with E-state index in [2.05, 4.69) is 5.32 Å². The molecule has 2 rings (SSSR count). The van der Waals surface area contributed by atoms with Crippen LogP contribution < -0.4 is 5.32 Å². The molecule has 1 aromatic carbocycles. The summed E-state index contributed by atoms with van der Waals surface area (Å²) >= 11 is 0. The number of benzene rings is 1. The van der Waals surface area contributed by atoms with Crippen LogP contribution in [0, 0.1) is 10.1 Å². The zero-order chi connectivity index (χ0) is 21.1. The second-order valence-electron chi connectivity index (χ2n) is 7.06. The fraction of sp³-hybridized carbons (Fsp3) is 0.471. The van der Waals surface area contributed by atoms with Crippen LogP contribution >= 0.6 is 0 Å². The average Bonchev–Trinajstić information content (AvgIpc) is 2.60. The highest BCUT2D eigenvalue weighted by atomic mass is 19.1. The Morgan fingerprint density at radius 3 is 2.46 bits per heavy atom. The number of alkyl carbamates (subject to hydrolysis) is 1. The number of hydrogen-bond acceptors (Lipinski definition) is 7. The number of amides is 2. The maximum absolute atomic E-state index is 14.1. The van der Waals surface area contributed by atoms with Crippen LogP contribution in [0.15, 0.2) is 24.3 Å². The molecular formula is C17H20FN3O7. The van der Waals surface area contributed by atoms with Gasteiger partial charge in [-0.15, -0.1) is 0 Å². The lowest BCUT2D eigenvalue weighted by atomic mass is 10.1. The molecule has 2 atom stereocenters. The molecule has 1 fully saturated rings. The van der Waals surface area contributed by atoms with Gasteiger partial charge in [-0.25, -0.2) is 14.0 Å². The van der Waals surface area contributed by atoms with Gasteiger partial charge >= 0.3 is 12.1 Å². The quantitative estimate of drug-likeness (QED) is 0.254. The molecule has 11 heteroatoms. The lowest BCUT2D eigenvalue weighted by Crippen LogP contribution is -2.67. The van der Waals surface area contributed by atoms with Gasteiger partial charge < -0.3 is 14.8 Å². The number of nitro groups is 1. The normalized spacial score (nSPS) is 17.4. The van der Waals surface area contributed by atoms with Gasteiger partial charge in [-0.1, -0.05) is 0 Å². The molecule has 28 heavy (non-hydrogen) atoms. The molecule has 152 valence electrons. The number of halogens is 1. The Morgan fingerprint density at radius 1 is 1.36 bits per heavy atom. The van der Waals surface area contributed by atoms with Gasteiger partial charge in [-0.3, -0.25) is 19.8 Å². The monoisotopic (exact) mass is 397 g/mol. The fourth-order valence-electron chi connectivity index (χ4n) is 2.28. The summed E-state index contributed by atoms with van der Waals surface area (Å²) in [6.07, 6.45) is -3.14. The standard InChI is InChI=1S/C17H20FN3O7/c1-17(2,3)28-16(24)19-12-8-20(14(12)22)13(18)15(23)27-9-10-4-6-11(7-5-10)21(25)26/h4-7,12-13H,8-9H2,1-3H3,(H,19,24)/t12-,13?/m1/s1. The molecule has 0 bridgehead atoms. The number of nitrogens with zero attached hydrogens (tertiary/aromatic N) is 2. The van der Waals surface area contributed by atoms with Crippen molar-refractivity contribution in [2.45, 2.75) is 45.3 Å². The summed E-state index contributed by atoms with van der Waals surface area (Å²) < 4.78 is 23.9. The van der Waals surface area contributed by atoms with Crippen LogP contribution in [0.1, 0.15) is 26.3 Å². The smallest absolute Gasteiger partial charge is 0.408 e. The van der Waals surface area contributed by atoms with E-state index in [1.807, 2.05) is 0 Å². The minimum absolute atomic E-state index is 0.131. The van der Waals surface area contributed by atoms with E-state index < -0.39 is 40.8 Å². The highest BCUT2D eigenvalue weighted by Gasteiger charge is 2.45. The number of β-lactam (4-membered cyclic amide) rings is 1. The van der Waals surface area contributed by atoms with Crippen molar-refractivity contribution in [3.05, 3.63) is 39.9 Å². The Hall–Kier alpha value is -3.24. The van der Waals surface area contributed by atoms with Crippen LogP contribution in [-0.2, 0) is 25.7 Å². The molecule has 1 aliphatic heterocycles. The van der Waals surface area contributed by atoms with E-state index in [1.165, 1.54) is 24.3 Å². The number of esters is 1. The minimum Gasteiger partial charge on any atom is -0.457 e. The zero-order valence-corrected chi connectivity index (χ0v) is 15.5. The lowest BCUT2D eigenvalue weighted by molar-refractivity contribution is -0.384. The molecule has 1 aromatic rings. The summed E-state index contributed by atoms with van der Waals surface area (Å²) in [5, 5.41) is 12.9. The van der Waals surface area contributed by atoms with Crippen molar-refractivity contribution in [1.29, 1.82) is 0 Å². The molecule has 0 aliphatic carbocycles. The van der Waals surface area contributed by atoms with Gasteiger partial charge in [0.25, 0.3) is 12.0 Å². The van der Waals surface area contributed by atoms with Crippen LogP contribution in [0.4, 0.5) is 14.9 Å². The summed E-state index contributed by atoms with van der Waals surface area (Å²) in [4.78, 5) is 45.9. The summed E-state index contributed by atoms with van der Waals surface area (Å²) in [6.45, 7) is 4.45. The number of hydrogen-bond donors (Lipinski definition) is 1. The van der Waals surface area contributed by atoms with Crippen LogP contribution in [0.25, 0.3) is 0 Å². The largest absolute Gasteiger partial charge is 0.457 e. The molecule has 0 aromatic heterocycles. The first kappa shape index (κ1) is 21.1. The van der Waals surface area contributed by atoms with E-state index in [0.29, 0.717) is 10.5 Å². The average molecular weight is 397 g/mol. The maximum atomic E-state index is 14.1. The number of non-ortho nitro benzene ring substituents is 1. The Balaban J connectivity index is 1.80. The van der Waals surface area contributed by atoms with Gasteiger partial charge in [0.2, 0.25) is 5.91 Å². The summed E-state index contributed by atoms with van der Waals surface area (Å²) in [6, 6.07) is 4.21. The van der Waals surface area contributed by atoms with Crippen LogP contribution in [0.5, 0.6) is 0 Å². The third-order valence-electron chi connectivity index (χ3n) is 3.65. The molecule has 1 heterocycles. The predicted molar refractivity (Wildman–Crippen MR) is 92.7 cm³/mol. The first-order valence-electron chi connectivity index (χ1n) is 8.32. The number of rotatable bonds is 6. The highest BCUT2D eigenvalue weighted by Crippen LogP contribution is 2.19. The Labute approximate surface area is 159 Å². The van der Waals surface area contributed by atoms with Gasteiger partial charge in [0.05, 0.1) is 11.5 Å². The van der Waals surface area contributed by atoms with Gasteiger partial charge in [-0.05, 0) is 38.5 Å². The summed E-state index contributed by atoms with van der Waals surface area (Å²) in [5.41, 5.74) is -0.459. The molecule has 0 spiro atoms. The number of alkyl halides is 1. The third-order valence-corrected chi connectivity index (χ3v) is 3.65. The molecule has 1 saturated heterocycles. The zero-order valence-electron chi connectivity index (χ0n) is 15.5. The van der Waals surface area contributed by atoms with Gasteiger partial charge in [0.1, 0.15) is 18.2 Å². The third kappa shape index (κ3) is 5.38. The molecule has 2 amide bonds. The van der Waals surface area contributed by atoms with Gasteiger partial charge in [0.15, 0.2) is 0 Å². The van der Waals surface area contributed by atoms with E-state index in [4.69, 9.17) is 9.47 Å². The first-order chi connectivity index (χ1) is 13.0. The SMILES string of the molecule is CC(C)(C)OC(=O)N[C@@H]1CN(C(F)C(=O)OCc2ccc([N+](=O)[O-])cc2)C1=O. The van der Waals surface area contributed by atoms with E-state index >= 15 is 0 Å². The number of ether oxygens (including phenoxy) is 2. The van der Waals surface area contributed by atoms with Crippen molar-refractivity contribution in [2.75, 3.05) is 6.54 Å². The van der Waals surface area contributed by atoms with Crippen molar-refractivity contribution in [2.24, 2.45) is 0 Å². The van der Waals surface area contributed by atoms with E-state index in [0.717, 1.165) is 0 Å². The van der Waals surface area contributed by atoms with Crippen LogP contribution in [-0.4, -0.2) is 52.3 Å². The summed E-state index contributed by atoms with van der Waals surface area (Å²) in [5.74, 6) is -2.05. The number of nitrogens with one attached hydrogen (secondary N) is 1. The maximum Gasteiger partial charge on any atom is 0.408 e. The molecule has 0 saturated carbocycles. The molecule has 1 unspecified atom stereocenters. The Bertz CT molecular complexity index is 776. The van der Waals surface area contributed by atoms with Crippen molar-refractivity contribution in [1.82, 2.24) is 10.2 Å². The molecule has 1 N–H and O–H groups in total. The minimum atomic E-state index is -2.32. The molecule has 10 nitrogen and oxygen atoms in total. The first-order valence-corrected chi connectivity index (χ1v) is 8.32. The van der Waals surface area contributed by atoms with E-state index in [9.17, 15) is 28.9 Å². The van der Waals surface area contributed by atoms with Gasteiger partial charge in [-0.2, -0.15) is 0 Å². The predicted octanol–water partition coefficient (Wildman–Crippen LogP) is 1.67.